The topological polar surface area (TPSA) is 35.6 Å². The van der Waals surface area contributed by atoms with Crippen molar-refractivity contribution in [1.82, 2.24) is 15.1 Å². The van der Waals surface area contributed by atoms with E-state index in [1.807, 2.05) is 0 Å². The zero-order chi connectivity index (χ0) is 17.9. The summed E-state index contributed by atoms with van der Waals surface area (Å²) in [6.07, 6.45) is 6.03. The van der Waals surface area contributed by atoms with Crippen molar-refractivity contribution in [2.75, 3.05) is 33.2 Å². The molecule has 1 aromatic carbocycles. The summed E-state index contributed by atoms with van der Waals surface area (Å²) in [4.78, 5) is 18.0. The quantitative estimate of drug-likeness (QED) is 0.900. The second kappa shape index (κ2) is 5.77. The number of halogens is 1. The molecule has 2 aliphatic heterocycles. The number of hydrogen-bond acceptors (Lipinski definition) is 3. The first-order chi connectivity index (χ1) is 12.5. The molecule has 2 aliphatic carbocycles. The lowest BCUT2D eigenvalue weighted by Gasteiger charge is -2.31. The highest BCUT2D eigenvalue weighted by Gasteiger charge is 2.65. The number of nitrogens with zero attached hydrogens (tertiary/aromatic N) is 2. The Kier molecular flexibility index (Phi) is 3.70. The molecule has 2 heterocycles. The predicted molar refractivity (Wildman–Crippen MR) is 98.1 cm³/mol. The molecule has 2 saturated carbocycles. The lowest BCUT2D eigenvalue weighted by Crippen LogP contribution is -2.43. The van der Waals surface area contributed by atoms with Crippen LogP contribution in [0.4, 0.5) is 4.39 Å². The van der Waals surface area contributed by atoms with E-state index < -0.39 is 0 Å². The Labute approximate surface area is 154 Å². The summed E-state index contributed by atoms with van der Waals surface area (Å²) in [5.74, 6) is -0.151. The van der Waals surface area contributed by atoms with E-state index in [1.165, 1.54) is 31.4 Å². The van der Waals surface area contributed by atoms with Crippen LogP contribution in [0.3, 0.4) is 0 Å². The molecule has 1 N–H and O–H groups in total. The average molecular weight is 357 g/mol. The Balaban J connectivity index is 1.46. The SMILES string of the molecule is CN1CC23CCCC2(C1)CN(C(C(=O)NC1CC1)c1ccc(F)cc1)C3. The second-order valence-corrected chi connectivity index (χ2v) is 9.23. The van der Waals surface area contributed by atoms with Crippen LogP contribution in [0, 0.1) is 16.6 Å². The summed E-state index contributed by atoms with van der Waals surface area (Å²) < 4.78 is 13.4. The molecule has 5 heteroatoms. The number of amides is 1. The van der Waals surface area contributed by atoms with E-state index in [4.69, 9.17) is 0 Å². The minimum atomic E-state index is -0.293. The first kappa shape index (κ1) is 16.7. The van der Waals surface area contributed by atoms with Gasteiger partial charge in [0, 0.05) is 43.1 Å². The van der Waals surface area contributed by atoms with Crippen LogP contribution in [-0.4, -0.2) is 55.0 Å². The molecule has 2 saturated heterocycles. The summed E-state index contributed by atoms with van der Waals surface area (Å²) in [5.41, 5.74) is 1.59. The van der Waals surface area contributed by atoms with Crippen LogP contribution in [-0.2, 0) is 4.79 Å². The number of hydrogen-bond donors (Lipinski definition) is 1. The Morgan fingerprint density at radius 2 is 1.73 bits per heavy atom. The lowest BCUT2D eigenvalue weighted by molar-refractivity contribution is -0.126. The van der Waals surface area contributed by atoms with Crippen LogP contribution in [0.25, 0.3) is 0 Å². The van der Waals surface area contributed by atoms with E-state index in [2.05, 4.69) is 22.2 Å². The molecule has 140 valence electrons. The fourth-order valence-electron chi connectivity index (χ4n) is 6.17. The number of carbonyl (C=O) groups excluding carboxylic acids is 1. The van der Waals surface area contributed by atoms with Gasteiger partial charge in [0.15, 0.2) is 0 Å². The van der Waals surface area contributed by atoms with E-state index >= 15 is 0 Å². The molecule has 1 aromatic rings. The van der Waals surface area contributed by atoms with Gasteiger partial charge in [0.2, 0.25) is 5.91 Å². The van der Waals surface area contributed by atoms with E-state index in [0.717, 1.165) is 44.6 Å². The van der Waals surface area contributed by atoms with Crippen LogP contribution in [0.2, 0.25) is 0 Å². The lowest BCUT2D eigenvalue weighted by atomic mass is 9.71. The van der Waals surface area contributed by atoms with Crippen molar-refractivity contribution < 1.29 is 9.18 Å². The smallest absolute Gasteiger partial charge is 0.242 e. The maximum absolute atomic E-state index is 13.4. The van der Waals surface area contributed by atoms with Gasteiger partial charge in [0.05, 0.1) is 0 Å². The minimum absolute atomic E-state index is 0.0957. The third kappa shape index (κ3) is 2.51. The monoisotopic (exact) mass is 357 g/mol. The summed E-state index contributed by atoms with van der Waals surface area (Å²) in [6.45, 7) is 4.25. The van der Waals surface area contributed by atoms with Gasteiger partial charge in [0.25, 0.3) is 0 Å². The maximum atomic E-state index is 13.4. The molecule has 1 amide bonds. The molecule has 0 radical (unpaired) electrons. The molecule has 5 rings (SSSR count). The van der Waals surface area contributed by atoms with Crippen molar-refractivity contribution >= 4 is 5.91 Å². The van der Waals surface area contributed by atoms with Gasteiger partial charge in [-0.3, -0.25) is 9.69 Å². The van der Waals surface area contributed by atoms with Gasteiger partial charge in [-0.15, -0.1) is 0 Å². The average Bonchev–Trinajstić information content (AvgIpc) is 3.17. The maximum Gasteiger partial charge on any atom is 0.242 e. The van der Waals surface area contributed by atoms with Gasteiger partial charge in [-0.2, -0.15) is 0 Å². The molecule has 4 nitrogen and oxygen atoms in total. The van der Waals surface area contributed by atoms with Crippen molar-refractivity contribution in [3.63, 3.8) is 0 Å². The largest absolute Gasteiger partial charge is 0.352 e. The number of carbonyl (C=O) groups is 1. The van der Waals surface area contributed by atoms with Gasteiger partial charge in [0.1, 0.15) is 11.9 Å². The first-order valence-corrected chi connectivity index (χ1v) is 9.99. The van der Waals surface area contributed by atoms with E-state index in [9.17, 15) is 9.18 Å². The van der Waals surface area contributed by atoms with Gasteiger partial charge in [-0.25, -0.2) is 4.39 Å². The molecule has 26 heavy (non-hydrogen) atoms. The van der Waals surface area contributed by atoms with E-state index in [-0.39, 0.29) is 17.8 Å². The molecule has 0 spiro atoms. The third-order valence-corrected chi connectivity index (χ3v) is 7.32. The highest BCUT2D eigenvalue weighted by molar-refractivity contribution is 5.83. The van der Waals surface area contributed by atoms with E-state index in [1.54, 1.807) is 12.1 Å². The van der Waals surface area contributed by atoms with Crippen LogP contribution in [0.5, 0.6) is 0 Å². The second-order valence-electron chi connectivity index (χ2n) is 9.23. The van der Waals surface area contributed by atoms with Crippen LogP contribution < -0.4 is 5.32 Å². The Morgan fingerprint density at radius 1 is 1.12 bits per heavy atom. The molecule has 0 bridgehead atoms. The number of likely N-dealkylation sites (tertiary alicyclic amines) is 2. The number of rotatable bonds is 4. The fraction of sp³-hybridized carbons (Fsp3) is 0.667. The summed E-state index contributed by atoms with van der Waals surface area (Å²) in [5, 5.41) is 3.19. The fourth-order valence-corrected chi connectivity index (χ4v) is 6.17. The predicted octanol–water partition coefficient (Wildman–Crippen LogP) is 2.56. The van der Waals surface area contributed by atoms with Crippen molar-refractivity contribution in [3.8, 4) is 0 Å². The van der Waals surface area contributed by atoms with Crippen molar-refractivity contribution in [3.05, 3.63) is 35.6 Å². The van der Waals surface area contributed by atoms with Crippen LogP contribution in [0.1, 0.15) is 43.7 Å². The molecule has 3 unspecified atom stereocenters. The first-order valence-electron chi connectivity index (χ1n) is 9.99. The summed E-state index contributed by atoms with van der Waals surface area (Å²) in [6, 6.07) is 6.59. The van der Waals surface area contributed by atoms with Gasteiger partial charge in [-0.1, -0.05) is 18.6 Å². The zero-order valence-corrected chi connectivity index (χ0v) is 15.5. The van der Waals surface area contributed by atoms with Gasteiger partial charge in [-0.05, 0) is 50.4 Å². The molecular weight excluding hydrogens is 329 g/mol. The Bertz CT molecular complexity index is 696. The third-order valence-electron chi connectivity index (χ3n) is 7.32. The molecule has 0 aromatic heterocycles. The standard InChI is InChI=1S/C21H28FN3O/c1-24-11-20-9-2-10-21(20,12-24)14-25(13-20)18(19(26)23-17-7-8-17)15-3-5-16(22)6-4-15/h3-6,17-18H,2,7-14H2,1H3,(H,23,26). The van der Waals surface area contributed by atoms with Gasteiger partial charge >= 0.3 is 0 Å². The minimum Gasteiger partial charge on any atom is -0.352 e. The number of nitrogens with one attached hydrogen (secondary N) is 1. The van der Waals surface area contributed by atoms with Crippen LogP contribution in [0.15, 0.2) is 24.3 Å². The van der Waals surface area contributed by atoms with Gasteiger partial charge < -0.3 is 10.2 Å². The molecule has 3 atom stereocenters. The summed E-state index contributed by atoms with van der Waals surface area (Å²) in [7, 11) is 2.23. The molecular formula is C21H28FN3O. The zero-order valence-electron chi connectivity index (χ0n) is 15.5. The normalized spacial score (nSPS) is 35.3. The van der Waals surface area contributed by atoms with Crippen molar-refractivity contribution in [2.24, 2.45) is 10.8 Å². The van der Waals surface area contributed by atoms with Crippen molar-refractivity contribution in [2.45, 2.75) is 44.2 Å². The highest BCUT2D eigenvalue weighted by Crippen LogP contribution is 2.62. The summed E-state index contributed by atoms with van der Waals surface area (Å²) >= 11 is 0. The Morgan fingerprint density at radius 3 is 2.31 bits per heavy atom. The Hall–Kier alpha value is -1.46. The highest BCUT2D eigenvalue weighted by atomic mass is 19.1. The molecule has 4 aliphatic rings. The van der Waals surface area contributed by atoms with Crippen molar-refractivity contribution in [1.29, 1.82) is 0 Å². The van der Waals surface area contributed by atoms with Crippen LogP contribution >= 0.6 is 0 Å². The molecule has 4 fully saturated rings. The number of benzene rings is 1. The van der Waals surface area contributed by atoms with E-state index in [0.29, 0.717) is 16.9 Å².